The number of ether oxygens (including phenoxy) is 1. The predicted octanol–water partition coefficient (Wildman–Crippen LogP) is -0.269. The number of carbonyl (C=O) groups is 1. The van der Waals surface area contributed by atoms with E-state index in [4.69, 9.17) is 16.2 Å². The van der Waals surface area contributed by atoms with Crippen molar-refractivity contribution in [1.82, 2.24) is 5.32 Å². The lowest BCUT2D eigenvalue weighted by molar-refractivity contribution is 0.00393. The molecule has 5 N–H and O–H groups in total. The van der Waals surface area contributed by atoms with E-state index in [2.05, 4.69) is 5.32 Å². The summed E-state index contributed by atoms with van der Waals surface area (Å²) >= 11 is 0. The van der Waals surface area contributed by atoms with Gasteiger partial charge in [0.1, 0.15) is 0 Å². The van der Waals surface area contributed by atoms with Crippen molar-refractivity contribution in [2.24, 2.45) is 11.5 Å². The highest BCUT2D eigenvalue weighted by Gasteiger charge is 2.23. The number of nitrogens with one attached hydrogen (secondary N) is 1. The fraction of sp³-hybridized carbons (Fsp3) is 0.364. The number of benzene rings is 1. The lowest BCUT2D eigenvalue weighted by Crippen LogP contribution is -2.48. The van der Waals surface area contributed by atoms with Crippen molar-refractivity contribution in [2.45, 2.75) is 12.3 Å². The minimum absolute atomic E-state index is 0.142. The monoisotopic (exact) mass is 221 g/mol. The average Bonchev–Trinajstić information content (AvgIpc) is 2.30. The number of rotatable bonds is 2. The molecule has 2 rings (SSSR count). The van der Waals surface area contributed by atoms with E-state index in [1.807, 2.05) is 12.1 Å². The maximum Gasteiger partial charge on any atom is 0.249 e. The molecule has 1 saturated heterocycles. The summed E-state index contributed by atoms with van der Waals surface area (Å²) < 4.78 is 5.57. The first-order valence-corrected chi connectivity index (χ1v) is 5.18. The SMILES string of the molecule is NC(=O)c1ccccc1C1CNC(N)CO1. The van der Waals surface area contributed by atoms with Crippen LogP contribution in [0.2, 0.25) is 0 Å². The lowest BCUT2D eigenvalue weighted by Gasteiger charge is -2.29. The van der Waals surface area contributed by atoms with Gasteiger partial charge in [0.05, 0.1) is 18.9 Å². The number of hydrogen-bond donors (Lipinski definition) is 3. The maximum atomic E-state index is 11.3. The van der Waals surface area contributed by atoms with Gasteiger partial charge >= 0.3 is 0 Å². The average molecular weight is 221 g/mol. The van der Waals surface area contributed by atoms with Crippen molar-refractivity contribution in [3.8, 4) is 0 Å². The molecule has 0 bridgehead atoms. The van der Waals surface area contributed by atoms with Crippen LogP contribution in [0.25, 0.3) is 0 Å². The summed E-state index contributed by atoms with van der Waals surface area (Å²) in [6, 6.07) is 7.20. The second kappa shape index (κ2) is 4.61. The van der Waals surface area contributed by atoms with Crippen LogP contribution >= 0.6 is 0 Å². The fourth-order valence-electron chi connectivity index (χ4n) is 1.80. The van der Waals surface area contributed by atoms with Crippen LogP contribution < -0.4 is 16.8 Å². The number of amides is 1. The molecule has 2 unspecified atom stereocenters. The Kier molecular flexibility index (Phi) is 3.19. The molecule has 1 fully saturated rings. The molecule has 16 heavy (non-hydrogen) atoms. The molecule has 1 aromatic rings. The van der Waals surface area contributed by atoms with E-state index in [0.29, 0.717) is 18.7 Å². The first-order chi connectivity index (χ1) is 7.68. The summed E-state index contributed by atoms with van der Waals surface area (Å²) in [6.07, 6.45) is -0.305. The van der Waals surface area contributed by atoms with Crippen molar-refractivity contribution in [3.63, 3.8) is 0 Å². The standard InChI is InChI=1S/C11H15N3O2/c12-10-6-16-9(5-14-10)7-3-1-2-4-8(7)11(13)15/h1-4,9-10,14H,5-6,12H2,(H2,13,15). The van der Waals surface area contributed by atoms with Gasteiger partial charge in [0.25, 0.3) is 0 Å². The summed E-state index contributed by atoms with van der Waals surface area (Å²) in [5, 5.41) is 3.10. The van der Waals surface area contributed by atoms with E-state index < -0.39 is 5.91 Å². The molecule has 0 radical (unpaired) electrons. The van der Waals surface area contributed by atoms with Gasteiger partial charge in [-0.3, -0.25) is 10.1 Å². The number of hydrogen-bond acceptors (Lipinski definition) is 4. The van der Waals surface area contributed by atoms with E-state index in [9.17, 15) is 4.79 Å². The van der Waals surface area contributed by atoms with Crippen molar-refractivity contribution in [3.05, 3.63) is 35.4 Å². The molecular weight excluding hydrogens is 206 g/mol. The molecule has 86 valence electrons. The molecule has 1 heterocycles. The Labute approximate surface area is 93.8 Å². The van der Waals surface area contributed by atoms with Crippen molar-refractivity contribution in [2.75, 3.05) is 13.2 Å². The summed E-state index contributed by atoms with van der Waals surface area (Å²) in [5.41, 5.74) is 12.3. The Morgan fingerprint density at radius 2 is 2.19 bits per heavy atom. The highest BCUT2D eigenvalue weighted by Crippen LogP contribution is 2.22. The summed E-state index contributed by atoms with van der Waals surface area (Å²) in [4.78, 5) is 11.3. The van der Waals surface area contributed by atoms with Gasteiger partial charge in [0, 0.05) is 12.1 Å². The van der Waals surface area contributed by atoms with E-state index in [1.165, 1.54) is 0 Å². The van der Waals surface area contributed by atoms with Gasteiger partial charge in [0.2, 0.25) is 5.91 Å². The third-order valence-electron chi connectivity index (χ3n) is 2.62. The second-order valence-corrected chi connectivity index (χ2v) is 3.79. The smallest absolute Gasteiger partial charge is 0.249 e. The summed E-state index contributed by atoms with van der Waals surface area (Å²) in [5.74, 6) is -0.436. The van der Waals surface area contributed by atoms with E-state index >= 15 is 0 Å². The molecule has 1 aliphatic rings. The van der Waals surface area contributed by atoms with Gasteiger partial charge in [-0.05, 0) is 11.6 Å². The minimum Gasteiger partial charge on any atom is -0.369 e. The lowest BCUT2D eigenvalue weighted by atomic mass is 10.0. The highest BCUT2D eigenvalue weighted by molar-refractivity contribution is 5.94. The molecule has 5 nitrogen and oxygen atoms in total. The normalized spacial score (nSPS) is 25.3. The number of carbonyl (C=O) groups excluding carboxylic acids is 1. The molecule has 0 aromatic heterocycles. The summed E-state index contributed by atoms with van der Waals surface area (Å²) in [7, 11) is 0. The van der Waals surface area contributed by atoms with Crippen molar-refractivity contribution in [1.29, 1.82) is 0 Å². The van der Waals surface area contributed by atoms with E-state index in [1.54, 1.807) is 12.1 Å². The summed E-state index contributed by atoms with van der Waals surface area (Å²) in [6.45, 7) is 1.02. The zero-order valence-electron chi connectivity index (χ0n) is 8.85. The fourth-order valence-corrected chi connectivity index (χ4v) is 1.80. The van der Waals surface area contributed by atoms with Crippen LogP contribution in [0.5, 0.6) is 0 Å². The maximum absolute atomic E-state index is 11.3. The second-order valence-electron chi connectivity index (χ2n) is 3.79. The topological polar surface area (TPSA) is 90.4 Å². The molecule has 0 aliphatic carbocycles. The first kappa shape index (κ1) is 11.1. The molecule has 1 amide bonds. The first-order valence-electron chi connectivity index (χ1n) is 5.18. The van der Waals surface area contributed by atoms with Gasteiger partial charge in [-0.15, -0.1) is 0 Å². The Hall–Kier alpha value is -1.43. The van der Waals surface area contributed by atoms with Gasteiger partial charge < -0.3 is 16.2 Å². The minimum atomic E-state index is -0.436. The largest absolute Gasteiger partial charge is 0.369 e. The van der Waals surface area contributed by atoms with E-state index in [-0.39, 0.29) is 12.3 Å². The van der Waals surface area contributed by atoms with Gasteiger partial charge in [-0.2, -0.15) is 0 Å². The molecule has 5 heteroatoms. The Balaban J connectivity index is 2.23. The van der Waals surface area contributed by atoms with Crippen LogP contribution in [-0.2, 0) is 4.74 Å². The van der Waals surface area contributed by atoms with Crippen LogP contribution in [0, 0.1) is 0 Å². The Morgan fingerprint density at radius 3 is 2.81 bits per heavy atom. The van der Waals surface area contributed by atoms with Crippen molar-refractivity contribution >= 4 is 5.91 Å². The number of nitrogens with two attached hydrogens (primary N) is 2. The molecule has 0 spiro atoms. The van der Waals surface area contributed by atoms with Gasteiger partial charge in [-0.25, -0.2) is 0 Å². The predicted molar refractivity (Wildman–Crippen MR) is 59.6 cm³/mol. The molecule has 1 aromatic carbocycles. The van der Waals surface area contributed by atoms with Gasteiger partial charge in [0.15, 0.2) is 0 Å². The zero-order valence-corrected chi connectivity index (χ0v) is 8.85. The Morgan fingerprint density at radius 1 is 1.44 bits per heavy atom. The van der Waals surface area contributed by atoms with Crippen LogP contribution in [-0.4, -0.2) is 25.2 Å². The van der Waals surface area contributed by atoms with Crippen LogP contribution in [0.4, 0.5) is 0 Å². The van der Waals surface area contributed by atoms with Gasteiger partial charge in [-0.1, -0.05) is 18.2 Å². The van der Waals surface area contributed by atoms with Crippen LogP contribution in [0.1, 0.15) is 22.0 Å². The van der Waals surface area contributed by atoms with E-state index in [0.717, 1.165) is 5.56 Å². The van der Waals surface area contributed by atoms with Crippen LogP contribution in [0.15, 0.2) is 24.3 Å². The zero-order chi connectivity index (χ0) is 11.5. The molecule has 0 saturated carbocycles. The third-order valence-corrected chi connectivity index (χ3v) is 2.62. The third kappa shape index (κ3) is 2.21. The quantitative estimate of drug-likeness (QED) is 0.641. The molecular formula is C11H15N3O2. The molecule has 2 atom stereocenters. The van der Waals surface area contributed by atoms with Crippen LogP contribution in [0.3, 0.4) is 0 Å². The highest BCUT2D eigenvalue weighted by atomic mass is 16.5. The Bertz CT molecular complexity index is 387. The van der Waals surface area contributed by atoms with Crippen molar-refractivity contribution < 1.29 is 9.53 Å². The number of morpholine rings is 1. The molecule has 1 aliphatic heterocycles. The number of primary amides is 1.